The molecule has 0 aliphatic rings. The molecule has 0 spiro atoms. The molecule has 0 radical (unpaired) electrons. The van der Waals surface area contributed by atoms with Gasteiger partial charge in [0.15, 0.2) is 4.77 Å². The van der Waals surface area contributed by atoms with Crippen molar-refractivity contribution < 1.29 is 9.47 Å². The van der Waals surface area contributed by atoms with Crippen molar-refractivity contribution >= 4 is 40.4 Å². The van der Waals surface area contributed by atoms with Crippen LogP contribution in [0.3, 0.4) is 0 Å². The second-order valence-corrected chi connectivity index (χ2v) is 7.87. The van der Waals surface area contributed by atoms with Crippen molar-refractivity contribution in [2.45, 2.75) is 0 Å². The minimum atomic E-state index is 0.558. The normalized spacial score (nSPS) is 11.2. The molecule has 1 N–H and O–H groups in total. The number of nitrogens with zero attached hydrogens (tertiary/aromatic N) is 2. The molecule has 3 aromatic carbocycles. The lowest BCUT2D eigenvalue weighted by atomic mass is 10.0. The van der Waals surface area contributed by atoms with E-state index < -0.39 is 0 Å². The van der Waals surface area contributed by atoms with Gasteiger partial charge in [-0.05, 0) is 78.9 Å². The number of hydrogen-bond acceptors (Lipinski definition) is 4. The molecule has 0 aliphatic carbocycles. The van der Waals surface area contributed by atoms with Crippen molar-refractivity contribution in [1.82, 2.24) is 14.4 Å². The van der Waals surface area contributed by atoms with Gasteiger partial charge in [0.25, 0.3) is 0 Å². The number of imidazole rings is 1. The summed E-state index contributed by atoms with van der Waals surface area (Å²) in [6.45, 7) is 0. The lowest BCUT2D eigenvalue weighted by Crippen LogP contribution is -1.96. The third-order valence-electron chi connectivity index (χ3n) is 5.27. The smallest absolute Gasteiger partial charge is 0.183 e. The van der Waals surface area contributed by atoms with Crippen LogP contribution in [0.4, 0.5) is 0 Å². The topological polar surface area (TPSA) is 51.5 Å². The quantitative estimate of drug-likeness (QED) is 0.317. The lowest BCUT2D eigenvalue weighted by molar-refractivity contribution is 0.414. The molecular weight excluding hydrogens is 430 g/mol. The number of fused-ring (bicyclic) bond motifs is 3. The Hall–Kier alpha value is -3.35. The molecule has 5 rings (SSSR count). The third-order valence-corrected chi connectivity index (χ3v) is 5.79. The van der Waals surface area contributed by atoms with Gasteiger partial charge in [-0.25, -0.2) is 4.98 Å². The van der Waals surface area contributed by atoms with Crippen molar-refractivity contribution in [3.63, 3.8) is 0 Å². The highest BCUT2D eigenvalue weighted by Crippen LogP contribution is 2.36. The van der Waals surface area contributed by atoms with Crippen LogP contribution in [-0.2, 0) is 0 Å². The standard InChI is InChI=1S/C24H18ClN3O2S/c1-29-17-8-3-14(4-9-17)21-22(15-5-10-18(30-2)11-6-15)28-23(27-21)19-13-16(25)7-12-20(19)26-24(28)31/h3-13H,1-2H3,(H,26,31). The van der Waals surface area contributed by atoms with Gasteiger partial charge in [-0.15, -0.1) is 0 Å². The number of aromatic nitrogens is 3. The Morgan fingerprint density at radius 2 is 1.48 bits per heavy atom. The van der Waals surface area contributed by atoms with Crippen LogP contribution >= 0.6 is 23.8 Å². The van der Waals surface area contributed by atoms with E-state index in [0.717, 1.165) is 50.6 Å². The summed E-state index contributed by atoms with van der Waals surface area (Å²) < 4.78 is 13.2. The summed E-state index contributed by atoms with van der Waals surface area (Å²) >= 11 is 12.0. The molecule has 5 nitrogen and oxygen atoms in total. The Morgan fingerprint density at radius 1 is 0.871 bits per heavy atom. The zero-order chi connectivity index (χ0) is 21.5. The predicted molar refractivity (Wildman–Crippen MR) is 127 cm³/mol. The Bertz CT molecular complexity index is 1470. The molecule has 31 heavy (non-hydrogen) atoms. The van der Waals surface area contributed by atoms with Gasteiger partial charge in [-0.2, -0.15) is 0 Å². The molecule has 2 heterocycles. The van der Waals surface area contributed by atoms with Crippen LogP contribution in [0.15, 0.2) is 66.7 Å². The molecular formula is C24H18ClN3O2S. The second-order valence-electron chi connectivity index (χ2n) is 7.05. The summed E-state index contributed by atoms with van der Waals surface area (Å²) in [6.07, 6.45) is 0. The number of halogens is 1. The number of benzene rings is 3. The first-order valence-electron chi connectivity index (χ1n) is 9.62. The van der Waals surface area contributed by atoms with Crippen molar-refractivity contribution in [2.75, 3.05) is 14.2 Å². The molecule has 0 unspecified atom stereocenters. The van der Waals surface area contributed by atoms with E-state index in [9.17, 15) is 0 Å². The molecule has 5 aromatic rings. The summed E-state index contributed by atoms with van der Waals surface area (Å²) in [5, 5.41) is 1.54. The van der Waals surface area contributed by atoms with E-state index in [1.807, 2.05) is 71.1 Å². The summed E-state index contributed by atoms with van der Waals surface area (Å²) in [4.78, 5) is 8.34. The average molecular weight is 448 g/mol. The minimum absolute atomic E-state index is 0.558. The lowest BCUT2D eigenvalue weighted by Gasteiger charge is -2.09. The van der Waals surface area contributed by atoms with Crippen LogP contribution in [0.25, 0.3) is 39.1 Å². The number of methoxy groups -OCH3 is 2. The predicted octanol–water partition coefficient (Wildman–Crippen LogP) is 6.55. The Labute approximate surface area is 188 Å². The van der Waals surface area contributed by atoms with E-state index in [1.165, 1.54) is 0 Å². The zero-order valence-corrected chi connectivity index (χ0v) is 18.4. The van der Waals surface area contributed by atoms with E-state index in [2.05, 4.69) is 4.98 Å². The number of nitrogens with one attached hydrogen (secondary N) is 1. The van der Waals surface area contributed by atoms with Crippen LogP contribution in [0.5, 0.6) is 11.5 Å². The molecule has 0 bridgehead atoms. The largest absolute Gasteiger partial charge is 0.497 e. The van der Waals surface area contributed by atoms with E-state index in [1.54, 1.807) is 14.2 Å². The van der Waals surface area contributed by atoms with E-state index in [-0.39, 0.29) is 0 Å². The highest BCUT2D eigenvalue weighted by molar-refractivity contribution is 7.71. The molecule has 0 aliphatic heterocycles. The van der Waals surface area contributed by atoms with Crippen molar-refractivity contribution in [3.05, 3.63) is 76.5 Å². The van der Waals surface area contributed by atoms with Crippen LogP contribution in [-0.4, -0.2) is 28.6 Å². The van der Waals surface area contributed by atoms with E-state index in [0.29, 0.717) is 9.79 Å². The van der Waals surface area contributed by atoms with Gasteiger partial charge in [0.1, 0.15) is 17.1 Å². The Morgan fingerprint density at radius 3 is 2.10 bits per heavy atom. The summed E-state index contributed by atoms with van der Waals surface area (Å²) in [7, 11) is 3.30. The first kappa shape index (κ1) is 19.6. The fraction of sp³-hybridized carbons (Fsp3) is 0.0833. The number of hydrogen-bond donors (Lipinski definition) is 1. The second kappa shape index (κ2) is 7.72. The molecule has 0 saturated heterocycles. The molecule has 0 fully saturated rings. The minimum Gasteiger partial charge on any atom is -0.497 e. The van der Waals surface area contributed by atoms with Gasteiger partial charge in [0, 0.05) is 21.5 Å². The third kappa shape index (κ3) is 3.34. The van der Waals surface area contributed by atoms with Gasteiger partial charge < -0.3 is 14.5 Å². The Kier molecular flexibility index (Phi) is 4.88. The highest BCUT2D eigenvalue weighted by Gasteiger charge is 2.19. The van der Waals surface area contributed by atoms with Crippen LogP contribution < -0.4 is 9.47 Å². The summed E-state index contributed by atoms with van der Waals surface area (Å²) in [5.41, 5.74) is 5.28. The SMILES string of the molecule is COc1ccc(-c2nc3c4cc(Cl)ccc4[nH]c(=S)n3c2-c2ccc(OC)cc2)cc1. The molecule has 0 saturated carbocycles. The first-order valence-corrected chi connectivity index (χ1v) is 10.4. The zero-order valence-electron chi connectivity index (χ0n) is 16.8. The van der Waals surface area contributed by atoms with E-state index in [4.69, 9.17) is 38.3 Å². The number of rotatable bonds is 4. The molecule has 2 aromatic heterocycles. The molecule has 154 valence electrons. The fourth-order valence-corrected chi connectivity index (χ4v) is 4.21. The number of aromatic amines is 1. The van der Waals surface area contributed by atoms with Crippen LogP contribution in [0.1, 0.15) is 0 Å². The monoisotopic (exact) mass is 447 g/mol. The van der Waals surface area contributed by atoms with Gasteiger partial charge in [-0.3, -0.25) is 4.40 Å². The van der Waals surface area contributed by atoms with Crippen molar-refractivity contribution in [1.29, 1.82) is 0 Å². The molecule has 7 heteroatoms. The fourth-order valence-electron chi connectivity index (χ4n) is 3.75. The van der Waals surface area contributed by atoms with Gasteiger partial charge in [-0.1, -0.05) is 11.6 Å². The van der Waals surface area contributed by atoms with Crippen molar-refractivity contribution in [3.8, 4) is 34.0 Å². The van der Waals surface area contributed by atoms with Crippen LogP contribution in [0, 0.1) is 4.77 Å². The number of H-pyrrole nitrogens is 1. The Balaban J connectivity index is 1.89. The van der Waals surface area contributed by atoms with E-state index >= 15 is 0 Å². The average Bonchev–Trinajstić information content (AvgIpc) is 3.21. The van der Waals surface area contributed by atoms with Gasteiger partial charge >= 0.3 is 0 Å². The summed E-state index contributed by atoms with van der Waals surface area (Å²) in [6, 6.07) is 21.4. The first-order chi connectivity index (χ1) is 15.1. The summed E-state index contributed by atoms with van der Waals surface area (Å²) in [5.74, 6) is 1.57. The van der Waals surface area contributed by atoms with Crippen LogP contribution in [0.2, 0.25) is 5.02 Å². The molecule has 0 atom stereocenters. The molecule has 0 amide bonds. The highest BCUT2D eigenvalue weighted by atomic mass is 35.5. The van der Waals surface area contributed by atoms with Gasteiger partial charge in [0.05, 0.1) is 31.1 Å². The maximum absolute atomic E-state index is 6.30. The van der Waals surface area contributed by atoms with Gasteiger partial charge in [0.2, 0.25) is 0 Å². The van der Waals surface area contributed by atoms with Crippen molar-refractivity contribution in [2.24, 2.45) is 0 Å². The maximum Gasteiger partial charge on any atom is 0.183 e. The maximum atomic E-state index is 6.30. The number of ether oxygens (including phenoxy) is 2.